The van der Waals surface area contributed by atoms with Gasteiger partial charge in [0.05, 0.1) is 5.69 Å². The van der Waals surface area contributed by atoms with Gasteiger partial charge in [0.25, 0.3) is 0 Å². The fourth-order valence-corrected chi connectivity index (χ4v) is 3.80. The lowest BCUT2D eigenvalue weighted by atomic mass is 10.2. The van der Waals surface area contributed by atoms with E-state index in [-0.39, 0.29) is 12.4 Å². The summed E-state index contributed by atoms with van der Waals surface area (Å²) in [6, 6.07) is 12.5. The molecule has 10 heteroatoms. The van der Waals surface area contributed by atoms with Gasteiger partial charge in [-0.15, -0.1) is 16.4 Å². The second kappa shape index (κ2) is 8.60. The molecule has 4 rings (SSSR count). The molecule has 4 aromatic rings. The molecule has 0 saturated carbocycles. The van der Waals surface area contributed by atoms with E-state index in [4.69, 9.17) is 11.6 Å². The van der Waals surface area contributed by atoms with Gasteiger partial charge in [-0.25, -0.2) is 8.91 Å². The molecule has 7 nitrogen and oxygen atoms in total. The molecule has 0 unspecified atom stereocenters. The smallest absolute Gasteiger partial charge is 0.313 e. The highest BCUT2D eigenvalue weighted by molar-refractivity contribution is 7.15. The lowest BCUT2D eigenvalue weighted by Gasteiger charge is -2.06. The van der Waals surface area contributed by atoms with Crippen molar-refractivity contribution in [2.75, 3.05) is 11.9 Å². The van der Waals surface area contributed by atoms with E-state index in [0.29, 0.717) is 33.5 Å². The molecule has 2 heterocycles. The van der Waals surface area contributed by atoms with Crippen molar-refractivity contribution in [3.05, 3.63) is 70.4 Å². The van der Waals surface area contributed by atoms with Gasteiger partial charge in [0.15, 0.2) is 5.82 Å². The van der Waals surface area contributed by atoms with E-state index in [1.807, 2.05) is 5.38 Å². The molecule has 152 valence electrons. The van der Waals surface area contributed by atoms with Crippen molar-refractivity contribution in [1.29, 1.82) is 0 Å². The van der Waals surface area contributed by atoms with E-state index < -0.39 is 11.8 Å². The van der Waals surface area contributed by atoms with Crippen LogP contribution >= 0.6 is 22.9 Å². The minimum atomic E-state index is -0.771. The molecule has 0 saturated heterocycles. The number of carbonyl (C=O) groups is 2. The maximum atomic E-state index is 13.1. The topological polar surface area (TPSA) is 88.4 Å². The van der Waals surface area contributed by atoms with Crippen LogP contribution in [-0.4, -0.2) is 33.0 Å². The summed E-state index contributed by atoms with van der Waals surface area (Å²) in [6.07, 6.45) is 0.461. The molecule has 0 bridgehead atoms. The largest absolute Gasteiger partial charge is 0.347 e. The number of anilines is 1. The first-order valence-electron chi connectivity index (χ1n) is 8.93. The zero-order chi connectivity index (χ0) is 21.1. The van der Waals surface area contributed by atoms with Gasteiger partial charge < -0.3 is 10.6 Å². The summed E-state index contributed by atoms with van der Waals surface area (Å²) in [6.45, 7) is 0.249. The minimum absolute atomic E-state index is 0.249. The number of nitrogens with zero attached hydrogens (tertiary/aromatic N) is 3. The molecule has 0 radical (unpaired) electrons. The van der Waals surface area contributed by atoms with Crippen LogP contribution in [0.3, 0.4) is 0 Å². The number of halogens is 2. The molecule has 30 heavy (non-hydrogen) atoms. The predicted molar refractivity (Wildman–Crippen MR) is 113 cm³/mol. The summed E-state index contributed by atoms with van der Waals surface area (Å²) in [4.78, 5) is 29.1. The average Bonchev–Trinajstić information content (AvgIpc) is 3.30. The summed E-state index contributed by atoms with van der Waals surface area (Å²) < 4.78 is 14.8. The summed E-state index contributed by atoms with van der Waals surface area (Å²) in [7, 11) is 0. The number of nitrogens with one attached hydrogen (secondary N) is 2. The maximum Gasteiger partial charge on any atom is 0.313 e. The fraction of sp³-hybridized carbons (Fsp3) is 0.100. The van der Waals surface area contributed by atoms with Gasteiger partial charge in [0, 0.05) is 34.6 Å². The Labute approximate surface area is 179 Å². The first kappa shape index (κ1) is 20.0. The molecule has 0 spiro atoms. The Morgan fingerprint density at radius 2 is 1.93 bits per heavy atom. The van der Waals surface area contributed by atoms with Gasteiger partial charge in [-0.3, -0.25) is 9.59 Å². The second-order valence-corrected chi connectivity index (χ2v) is 7.61. The third-order valence-corrected chi connectivity index (χ3v) is 5.31. The van der Waals surface area contributed by atoms with Crippen LogP contribution in [0.5, 0.6) is 0 Å². The van der Waals surface area contributed by atoms with Crippen LogP contribution in [0.25, 0.3) is 16.3 Å². The van der Waals surface area contributed by atoms with Crippen molar-refractivity contribution in [1.82, 2.24) is 19.9 Å². The number of amides is 2. The number of hydrogen-bond acceptors (Lipinski definition) is 5. The number of carbonyl (C=O) groups excluding carboxylic acids is 2. The first-order valence-corrected chi connectivity index (χ1v) is 10.2. The molecule has 2 aromatic carbocycles. The molecule has 2 amide bonds. The van der Waals surface area contributed by atoms with Gasteiger partial charge in [-0.05, 0) is 42.5 Å². The summed E-state index contributed by atoms with van der Waals surface area (Å²) >= 11 is 7.27. The Hall–Kier alpha value is -3.30. The number of hydrogen-bond donors (Lipinski definition) is 2. The quantitative estimate of drug-likeness (QED) is 0.462. The third-order valence-electron chi connectivity index (χ3n) is 4.21. The molecule has 0 aliphatic rings. The zero-order valence-electron chi connectivity index (χ0n) is 15.4. The Kier molecular flexibility index (Phi) is 5.73. The Balaban J connectivity index is 1.36. The zero-order valence-corrected chi connectivity index (χ0v) is 17.0. The second-order valence-electron chi connectivity index (χ2n) is 6.33. The van der Waals surface area contributed by atoms with Crippen LogP contribution in [0.4, 0.5) is 10.1 Å². The standard InChI is InChI=1S/C20H15ClFN5O2S/c21-13-2-1-3-15(10-13)24-19(29)18(28)23-9-8-16-11-30-20-25-17(26-27(16)20)12-4-6-14(22)7-5-12/h1-7,10-11H,8-9H2,(H,23,28)(H,24,29). The van der Waals surface area contributed by atoms with Crippen LogP contribution in [-0.2, 0) is 16.0 Å². The van der Waals surface area contributed by atoms with Crippen LogP contribution < -0.4 is 10.6 Å². The third kappa shape index (κ3) is 4.47. The molecule has 0 aliphatic heterocycles. The van der Waals surface area contributed by atoms with Gasteiger partial charge >= 0.3 is 11.8 Å². The number of rotatable bonds is 5. The maximum absolute atomic E-state index is 13.1. The lowest BCUT2D eigenvalue weighted by molar-refractivity contribution is -0.136. The Morgan fingerprint density at radius 3 is 2.70 bits per heavy atom. The van der Waals surface area contributed by atoms with Crippen molar-refractivity contribution in [3.8, 4) is 11.4 Å². The highest BCUT2D eigenvalue weighted by atomic mass is 35.5. The molecule has 0 atom stereocenters. The van der Waals surface area contributed by atoms with E-state index in [1.54, 1.807) is 40.9 Å². The first-order chi connectivity index (χ1) is 14.5. The van der Waals surface area contributed by atoms with Gasteiger partial charge in [-0.2, -0.15) is 4.98 Å². The number of aromatic nitrogens is 3. The lowest BCUT2D eigenvalue weighted by Crippen LogP contribution is -2.36. The van der Waals surface area contributed by atoms with Crippen LogP contribution in [0.1, 0.15) is 5.69 Å². The van der Waals surface area contributed by atoms with E-state index in [9.17, 15) is 14.0 Å². The number of fused-ring (bicyclic) bond motifs is 1. The SMILES string of the molecule is O=C(NCCc1csc2nc(-c3ccc(F)cc3)nn12)C(=O)Nc1cccc(Cl)c1. The van der Waals surface area contributed by atoms with Crippen LogP contribution in [0, 0.1) is 5.82 Å². The Morgan fingerprint density at radius 1 is 1.13 bits per heavy atom. The molecule has 0 fully saturated rings. The van der Waals surface area contributed by atoms with Crippen molar-refractivity contribution in [3.63, 3.8) is 0 Å². The van der Waals surface area contributed by atoms with Crippen molar-refractivity contribution >= 4 is 45.4 Å². The Bertz CT molecular complexity index is 1220. The highest BCUT2D eigenvalue weighted by Gasteiger charge is 2.15. The number of thiazole rings is 1. The number of benzene rings is 2. The van der Waals surface area contributed by atoms with Crippen molar-refractivity contribution in [2.24, 2.45) is 0 Å². The van der Waals surface area contributed by atoms with Crippen LogP contribution in [0.15, 0.2) is 53.9 Å². The van der Waals surface area contributed by atoms with Crippen molar-refractivity contribution in [2.45, 2.75) is 6.42 Å². The summed E-state index contributed by atoms with van der Waals surface area (Å²) in [5.74, 6) is -1.34. The molecular formula is C20H15ClFN5O2S. The molecule has 2 N–H and O–H groups in total. The van der Waals surface area contributed by atoms with Gasteiger partial charge in [-0.1, -0.05) is 17.7 Å². The molecular weight excluding hydrogens is 429 g/mol. The van der Waals surface area contributed by atoms with E-state index in [1.165, 1.54) is 23.5 Å². The van der Waals surface area contributed by atoms with E-state index in [0.717, 1.165) is 5.69 Å². The predicted octanol–water partition coefficient (Wildman–Crippen LogP) is 3.55. The van der Waals surface area contributed by atoms with Crippen molar-refractivity contribution < 1.29 is 14.0 Å². The normalized spacial score (nSPS) is 10.9. The van der Waals surface area contributed by atoms with E-state index in [2.05, 4.69) is 20.7 Å². The van der Waals surface area contributed by atoms with Gasteiger partial charge in [0.1, 0.15) is 5.82 Å². The molecule has 0 aliphatic carbocycles. The van der Waals surface area contributed by atoms with Gasteiger partial charge in [0.2, 0.25) is 4.96 Å². The summed E-state index contributed by atoms with van der Waals surface area (Å²) in [5.41, 5.74) is 1.99. The summed E-state index contributed by atoms with van der Waals surface area (Å²) in [5, 5.41) is 11.9. The average molecular weight is 444 g/mol. The highest BCUT2D eigenvalue weighted by Crippen LogP contribution is 2.21. The fourth-order valence-electron chi connectivity index (χ4n) is 2.76. The van der Waals surface area contributed by atoms with E-state index >= 15 is 0 Å². The molecule has 2 aromatic heterocycles. The minimum Gasteiger partial charge on any atom is -0.347 e. The van der Waals surface area contributed by atoms with Crippen LogP contribution in [0.2, 0.25) is 5.02 Å². The monoisotopic (exact) mass is 443 g/mol.